The van der Waals surface area contributed by atoms with Crippen molar-refractivity contribution >= 4 is 23.4 Å². The molecule has 0 saturated carbocycles. The van der Waals surface area contributed by atoms with Gasteiger partial charge >= 0.3 is 0 Å². The van der Waals surface area contributed by atoms with Crippen LogP contribution >= 0.6 is 11.6 Å². The fraction of sp³-hybridized carbons (Fsp3) is 0.467. The molecule has 5 heteroatoms. The van der Waals surface area contributed by atoms with E-state index in [-0.39, 0.29) is 17.9 Å². The summed E-state index contributed by atoms with van der Waals surface area (Å²) in [5.41, 5.74) is 0.959. The van der Waals surface area contributed by atoms with Gasteiger partial charge in [0, 0.05) is 31.1 Å². The molecule has 0 aromatic heterocycles. The highest BCUT2D eigenvalue weighted by Crippen LogP contribution is 2.14. The topological polar surface area (TPSA) is 49.4 Å². The van der Waals surface area contributed by atoms with E-state index in [2.05, 4.69) is 5.32 Å². The van der Waals surface area contributed by atoms with E-state index < -0.39 is 0 Å². The fourth-order valence-corrected chi connectivity index (χ4v) is 2.62. The van der Waals surface area contributed by atoms with Gasteiger partial charge in [0.1, 0.15) is 0 Å². The Labute approximate surface area is 124 Å². The maximum atomic E-state index is 12.3. The van der Waals surface area contributed by atoms with E-state index in [9.17, 15) is 9.59 Å². The summed E-state index contributed by atoms with van der Waals surface area (Å²) in [6.45, 7) is 2.88. The van der Waals surface area contributed by atoms with Gasteiger partial charge in [-0.15, -0.1) is 0 Å². The number of carbonyl (C=O) groups is 2. The standard InChI is InChI=1S/C15H19ClN2O2/c1-11(19)17-14-3-2-8-18(10-14)15(20)9-12-4-6-13(16)7-5-12/h4-7,14H,2-3,8-10H2,1H3,(H,17,19). The molecule has 2 rings (SSSR count). The van der Waals surface area contributed by atoms with Gasteiger partial charge in [-0.1, -0.05) is 23.7 Å². The first-order chi connectivity index (χ1) is 9.54. The molecule has 1 unspecified atom stereocenters. The van der Waals surface area contributed by atoms with Gasteiger partial charge in [-0.05, 0) is 30.5 Å². The second-order valence-corrected chi connectivity index (χ2v) is 5.62. The summed E-state index contributed by atoms with van der Waals surface area (Å²) >= 11 is 5.83. The lowest BCUT2D eigenvalue weighted by molar-refractivity contribution is -0.132. The zero-order valence-electron chi connectivity index (χ0n) is 11.6. The minimum atomic E-state index is -0.0398. The number of rotatable bonds is 3. The normalized spacial score (nSPS) is 18.7. The molecule has 1 saturated heterocycles. The zero-order chi connectivity index (χ0) is 14.5. The van der Waals surface area contributed by atoms with Crippen molar-refractivity contribution in [2.24, 2.45) is 0 Å². The van der Waals surface area contributed by atoms with E-state index >= 15 is 0 Å². The number of halogens is 1. The van der Waals surface area contributed by atoms with Crippen molar-refractivity contribution < 1.29 is 9.59 Å². The molecule has 0 radical (unpaired) electrons. The van der Waals surface area contributed by atoms with Crippen LogP contribution in [0.2, 0.25) is 5.02 Å². The number of hydrogen-bond acceptors (Lipinski definition) is 2. The maximum Gasteiger partial charge on any atom is 0.227 e. The van der Waals surface area contributed by atoms with Crippen molar-refractivity contribution in [1.29, 1.82) is 0 Å². The minimum absolute atomic E-state index is 0.0398. The van der Waals surface area contributed by atoms with Crippen LogP contribution in [0.1, 0.15) is 25.3 Å². The molecular formula is C15H19ClN2O2. The number of hydrogen-bond donors (Lipinski definition) is 1. The molecule has 0 aliphatic carbocycles. The number of nitrogens with zero attached hydrogens (tertiary/aromatic N) is 1. The molecule has 0 spiro atoms. The molecule has 1 aliphatic rings. The SMILES string of the molecule is CC(=O)NC1CCCN(C(=O)Cc2ccc(Cl)cc2)C1. The molecule has 1 aromatic carbocycles. The monoisotopic (exact) mass is 294 g/mol. The van der Waals surface area contributed by atoms with Gasteiger partial charge in [0.15, 0.2) is 0 Å². The van der Waals surface area contributed by atoms with Crippen LogP contribution in [0.25, 0.3) is 0 Å². The Morgan fingerprint density at radius 2 is 2.05 bits per heavy atom. The minimum Gasteiger partial charge on any atom is -0.352 e. The van der Waals surface area contributed by atoms with E-state index in [1.54, 1.807) is 12.1 Å². The highest BCUT2D eigenvalue weighted by Gasteiger charge is 2.23. The van der Waals surface area contributed by atoms with Gasteiger partial charge in [0.25, 0.3) is 0 Å². The van der Waals surface area contributed by atoms with Crippen LogP contribution in [0.4, 0.5) is 0 Å². The zero-order valence-corrected chi connectivity index (χ0v) is 12.3. The fourth-order valence-electron chi connectivity index (χ4n) is 2.50. The summed E-state index contributed by atoms with van der Waals surface area (Å²) in [7, 11) is 0. The van der Waals surface area contributed by atoms with Gasteiger partial charge in [-0.3, -0.25) is 9.59 Å². The lowest BCUT2D eigenvalue weighted by Gasteiger charge is -2.33. The van der Waals surface area contributed by atoms with Gasteiger partial charge < -0.3 is 10.2 Å². The van der Waals surface area contributed by atoms with Crippen LogP contribution in [-0.4, -0.2) is 35.8 Å². The molecule has 1 aliphatic heterocycles. The van der Waals surface area contributed by atoms with E-state index in [4.69, 9.17) is 11.6 Å². The van der Waals surface area contributed by atoms with Crippen LogP contribution < -0.4 is 5.32 Å². The number of likely N-dealkylation sites (tertiary alicyclic amines) is 1. The van der Waals surface area contributed by atoms with Crippen LogP contribution in [0.5, 0.6) is 0 Å². The van der Waals surface area contributed by atoms with E-state index in [1.165, 1.54) is 6.92 Å². The summed E-state index contributed by atoms with van der Waals surface area (Å²) in [6.07, 6.45) is 2.24. The summed E-state index contributed by atoms with van der Waals surface area (Å²) in [5, 5.41) is 3.56. The maximum absolute atomic E-state index is 12.3. The number of amides is 2. The third kappa shape index (κ3) is 4.23. The highest BCUT2D eigenvalue weighted by molar-refractivity contribution is 6.30. The first kappa shape index (κ1) is 14.9. The molecule has 1 heterocycles. The van der Waals surface area contributed by atoms with Crippen LogP contribution in [0.15, 0.2) is 24.3 Å². The largest absolute Gasteiger partial charge is 0.352 e. The summed E-state index contributed by atoms with van der Waals surface area (Å²) in [5.74, 6) is 0.0596. The number of piperidine rings is 1. The van der Waals surface area contributed by atoms with Crippen molar-refractivity contribution in [3.63, 3.8) is 0 Å². The summed E-state index contributed by atoms with van der Waals surface area (Å²) < 4.78 is 0. The second-order valence-electron chi connectivity index (χ2n) is 5.18. The first-order valence-electron chi connectivity index (χ1n) is 6.84. The Morgan fingerprint density at radius 1 is 1.35 bits per heavy atom. The van der Waals surface area contributed by atoms with Crippen molar-refractivity contribution in [2.75, 3.05) is 13.1 Å². The molecule has 1 aromatic rings. The molecule has 20 heavy (non-hydrogen) atoms. The average molecular weight is 295 g/mol. The summed E-state index contributed by atoms with van der Waals surface area (Å²) in [4.78, 5) is 25.2. The van der Waals surface area contributed by atoms with Crippen molar-refractivity contribution in [3.05, 3.63) is 34.9 Å². The second kappa shape index (κ2) is 6.75. The number of carbonyl (C=O) groups excluding carboxylic acids is 2. The van der Waals surface area contributed by atoms with Gasteiger partial charge in [-0.2, -0.15) is 0 Å². The predicted octanol–water partition coefficient (Wildman–Crippen LogP) is 2.01. The highest BCUT2D eigenvalue weighted by atomic mass is 35.5. The molecule has 2 amide bonds. The van der Waals surface area contributed by atoms with Gasteiger partial charge in [-0.25, -0.2) is 0 Å². The third-order valence-corrected chi connectivity index (χ3v) is 3.70. The van der Waals surface area contributed by atoms with Crippen molar-refractivity contribution in [2.45, 2.75) is 32.2 Å². The van der Waals surface area contributed by atoms with E-state index in [0.717, 1.165) is 24.9 Å². The Hall–Kier alpha value is -1.55. The van der Waals surface area contributed by atoms with E-state index in [0.29, 0.717) is 18.0 Å². The van der Waals surface area contributed by atoms with Crippen molar-refractivity contribution in [1.82, 2.24) is 10.2 Å². The summed E-state index contributed by atoms with van der Waals surface area (Å²) in [6, 6.07) is 7.40. The lowest BCUT2D eigenvalue weighted by Crippen LogP contribution is -2.49. The molecule has 4 nitrogen and oxygen atoms in total. The van der Waals surface area contributed by atoms with Crippen LogP contribution in [-0.2, 0) is 16.0 Å². The quantitative estimate of drug-likeness (QED) is 0.927. The lowest BCUT2D eigenvalue weighted by atomic mass is 10.0. The number of benzene rings is 1. The Balaban J connectivity index is 1.91. The Kier molecular flexibility index (Phi) is 5.01. The number of nitrogens with one attached hydrogen (secondary N) is 1. The molecule has 0 bridgehead atoms. The Bertz CT molecular complexity index is 487. The van der Waals surface area contributed by atoms with Crippen LogP contribution in [0.3, 0.4) is 0 Å². The molecule has 108 valence electrons. The smallest absolute Gasteiger partial charge is 0.227 e. The molecular weight excluding hydrogens is 276 g/mol. The molecule has 1 fully saturated rings. The predicted molar refractivity (Wildman–Crippen MR) is 78.6 cm³/mol. The Morgan fingerprint density at radius 3 is 2.70 bits per heavy atom. The van der Waals surface area contributed by atoms with Crippen LogP contribution in [0, 0.1) is 0 Å². The third-order valence-electron chi connectivity index (χ3n) is 3.45. The van der Waals surface area contributed by atoms with Gasteiger partial charge in [0.05, 0.1) is 6.42 Å². The van der Waals surface area contributed by atoms with E-state index in [1.807, 2.05) is 17.0 Å². The average Bonchev–Trinajstić information content (AvgIpc) is 2.41. The molecule has 1 atom stereocenters. The molecule has 1 N–H and O–H groups in total. The van der Waals surface area contributed by atoms with Gasteiger partial charge in [0.2, 0.25) is 11.8 Å². The van der Waals surface area contributed by atoms with Crippen molar-refractivity contribution in [3.8, 4) is 0 Å². The first-order valence-corrected chi connectivity index (χ1v) is 7.21.